The summed E-state index contributed by atoms with van der Waals surface area (Å²) in [6.45, 7) is 1.36. The number of hydrogen-bond acceptors (Lipinski definition) is 3. The Hall–Kier alpha value is -2.14. The van der Waals surface area contributed by atoms with E-state index >= 15 is 0 Å². The minimum Gasteiger partial charge on any atom is -0.361 e. The van der Waals surface area contributed by atoms with Gasteiger partial charge < -0.3 is 10.7 Å². The topological polar surface area (TPSA) is 72.5 Å². The van der Waals surface area contributed by atoms with Crippen LogP contribution >= 0.6 is 0 Å². The molecule has 3 aromatic rings. The van der Waals surface area contributed by atoms with Gasteiger partial charge in [-0.05, 0) is 36.2 Å². The number of H-pyrrole nitrogens is 1. The van der Waals surface area contributed by atoms with Crippen LogP contribution in [0.4, 0.5) is 0 Å². The Morgan fingerprint density at radius 3 is 2.83 bits per heavy atom. The highest BCUT2D eigenvalue weighted by molar-refractivity contribution is 5.83. The molecular formula is C13H15N5. The summed E-state index contributed by atoms with van der Waals surface area (Å²) in [7, 11) is 0. The van der Waals surface area contributed by atoms with E-state index in [1.54, 1.807) is 17.2 Å². The second-order valence-electron chi connectivity index (χ2n) is 4.29. The Kier molecular flexibility index (Phi) is 2.82. The molecule has 0 amide bonds. The Morgan fingerprint density at radius 1 is 1.22 bits per heavy atom. The van der Waals surface area contributed by atoms with Gasteiger partial charge in [0.05, 0.1) is 18.9 Å². The van der Waals surface area contributed by atoms with Crippen molar-refractivity contribution in [3.05, 3.63) is 47.9 Å². The van der Waals surface area contributed by atoms with Crippen LogP contribution in [-0.4, -0.2) is 26.5 Å². The normalized spacial score (nSPS) is 11.2. The van der Waals surface area contributed by atoms with Crippen LogP contribution in [0.2, 0.25) is 0 Å². The van der Waals surface area contributed by atoms with E-state index in [9.17, 15) is 0 Å². The molecule has 0 aliphatic heterocycles. The van der Waals surface area contributed by atoms with Gasteiger partial charge in [-0.2, -0.15) is 15.0 Å². The number of benzene rings is 1. The molecular weight excluding hydrogens is 226 g/mol. The number of aromatic amines is 1. The van der Waals surface area contributed by atoms with Gasteiger partial charge in [-0.15, -0.1) is 0 Å². The van der Waals surface area contributed by atoms with E-state index in [1.807, 2.05) is 6.20 Å². The van der Waals surface area contributed by atoms with E-state index in [4.69, 9.17) is 5.73 Å². The summed E-state index contributed by atoms with van der Waals surface area (Å²) in [5.41, 5.74) is 9.23. The van der Waals surface area contributed by atoms with Gasteiger partial charge in [0.2, 0.25) is 0 Å². The molecule has 0 spiro atoms. The van der Waals surface area contributed by atoms with Crippen LogP contribution in [0.15, 0.2) is 36.8 Å². The SMILES string of the molecule is NCCc1c[nH]c2ccc(Cn3nccn3)cc12. The fraction of sp³-hybridized carbons (Fsp3) is 0.231. The summed E-state index contributed by atoms with van der Waals surface area (Å²) in [5, 5.41) is 9.47. The third kappa shape index (κ3) is 2.00. The van der Waals surface area contributed by atoms with Gasteiger partial charge in [-0.1, -0.05) is 6.07 Å². The number of nitrogens with two attached hydrogens (primary N) is 1. The minimum absolute atomic E-state index is 0.665. The molecule has 0 saturated carbocycles. The van der Waals surface area contributed by atoms with E-state index in [0.29, 0.717) is 13.1 Å². The monoisotopic (exact) mass is 241 g/mol. The summed E-state index contributed by atoms with van der Waals surface area (Å²) in [6.07, 6.45) is 6.31. The third-order valence-corrected chi connectivity index (χ3v) is 3.04. The maximum absolute atomic E-state index is 5.62. The van der Waals surface area contributed by atoms with Crippen molar-refractivity contribution in [3.8, 4) is 0 Å². The fourth-order valence-electron chi connectivity index (χ4n) is 2.17. The maximum Gasteiger partial charge on any atom is 0.0857 e. The van der Waals surface area contributed by atoms with E-state index in [0.717, 1.165) is 11.9 Å². The van der Waals surface area contributed by atoms with Crippen molar-refractivity contribution >= 4 is 10.9 Å². The summed E-state index contributed by atoms with van der Waals surface area (Å²) < 4.78 is 0. The van der Waals surface area contributed by atoms with Crippen molar-refractivity contribution in [2.24, 2.45) is 5.73 Å². The molecule has 1 aromatic carbocycles. The molecule has 0 aliphatic carbocycles. The summed E-state index contributed by atoms with van der Waals surface area (Å²) in [5.74, 6) is 0. The average Bonchev–Trinajstić information content (AvgIpc) is 3.00. The molecule has 0 fully saturated rings. The zero-order chi connectivity index (χ0) is 12.4. The Bertz CT molecular complexity index is 639. The van der Waals surface area contributed by atoms with Gasteiger partial charge in [0.1, 0.15) is 0 Å². The van der Waals surface area contributed by atoms with Crippen molar-refractivity contribution in [1.82, 2.24) is 20.0 Å². The standard InChI is InChI=1S/C13H15N5/c14-4-3-11-8-15-13-2-1-10(7-12(11)13)9-18-16-5-6-17-18/h1-2,5-8,15H,3-4,9,14H2. The van der Waals surface area contributed by atoms with Crippen molar-refractivity contribution in [1.29, 1.82) is 0 Å². The highest BCUT2D eigenvalue weighted by Gasteiger charge is 2.04. The van der Waals surface area contributed by atoms with Crippen LogP contribution in [0.3, 0.4) is 0 Å². The molecule has 0 bridgehead atoms. The maximum atomic E-state index is 5.62. The van der Waals surface area contributed by atoms with Crippen LogP contribution < -0.4 is 5.73 Å². The molecule has 3 rings (SSSR count). The average molecular weight is 241 g/mol. The first kappa shape index (κ1) is 11.0. The number of rotatable bonds is 4. The molecule has 0 saturated heterocycles. The Balaban J connectivity index is 1.96. The van der Waals surface area contributed by atoms with Gasteiger partial charge in [0.25, 0.3) is 0 Å². The van der Waals surface area contributed by atoms with Crippen molar-refractivity contribution < 1.29 is 0 Å². The summed E-state index contributed by atoms with van der Waals surface area (Å²) >= 11 is 0. The second kappa shape index (κ2) is 4.62. The van der Waals surface area contributed by atoms with Crippen molar-refractivity contribution in [2.45, 2.75) is 13.0 Å². The molecule has 18 heavy (non-hydrogen) atoms. The molecule has 0 atom stereocenters. The highest BCUT2D eigenvalue weighted by atomic mass is 15.5. The number of hydrogen-bond donors (Lipinski definition) is 2. The first-order chi connectivity index (χ1) is 8.86. The van der Waals surface area contributed by atoms with Gasteiger partial charge in [0.15, 0.2) is 0 Å². The first-order valence-corrected chi connectivity index (χ1v) is 6.00. The molecule has 2 heterocycles. The van der Waals surface area contributed by atoms with Gasteiger partial charge in [-0.25, -0.2) is 0 Å². The lowest BCUT2D eigenvalue weighted by Crippen LogP contribution is -2.04. The van der Waals surface area contributed by atoms with Crippen LogP contribution in [-0.2, 0) is 13.0 Å². The molecule has 0 radical (unpaired) electrons. The lowest BCUT2D eigenvalue weighted by atomic mass is 10.1. The minimum atomic E-state index is 0.665. The number of fused-ring (bicyclic) bond motifs is 1. The molecule has 2 aromatic heterocycles. The van der Waals surface area contributed by atoms with Crippen LogP contribution in [0.1, 0.15) is 11.1 Å². The van der Waals surface area contributed by atoms with Gasteiger partial charge in [0, 0.05) is 17.1 Å². The Labute approximate surface area is 105 Å². The predicted molar refractivity (Wildman–Crippen MR) is 70.2 cm³/mol. The van der Waals surface area contributed by atoms with E-state index in [1.165, 1.54) is 16.5 Å². The van der Waals surface area contributed by atoms with Crippen LogP contribution in [0.5, 0.6) is 0 Å². The predicted octanol–water partition coefficient (Wildman–Crippen LogP) is 1.31. The highest BCUT2D eigenvalue weighted by Crippen LogP contribution is 2.20. The van der Waals surface area contributed by atoms with E-state index < -0.39 is 0 Å². The van der Waals surface area contributed by atoms with Gasteiger partial charge >= 0.3 is 0 Å². The molecule has 5 nitrogen and oxygen atoms in total. The molecule has 92 valence electrons. The molecule has 0 unspecified atom stereocenters. The van der Waals surface area contributed by atoms with Crippen LogP contribution in [0, 0.1) is 0 Å². The van der Waals surface area contributed by atoms with Crippen molar-refractivity contribution in [2.75, 3.05) is 6.54 Å². The smallest absolute Gasteiger partial charge is 0.0857 e. The molecule has 0 aliphatic rings. The largest absolute Gasteiger partial charge is 0.361 e. The summed E-state index contributed by atoms with van der Waals surface area (Å²) in [6, 6.07) is 6.36. The zero-order valence-corrected chi connectivity index (χ0v) is 10.0. The fourth-order valence-corrected chi connectivity index (χ4v) is 2.17. The number of nitrogens with one attached hydrogen (secondary N) is 1. The second-order valence-corrected chi connectivity index (χ2v) is 4.29. The van der Waals surface area contributed by atoms with Crippen LogP contribution in [0.25, 0.3) is 10.9 Å². The van der Waals surface area contributed by atoms with E-state index in [2.05, 4.69) is 33.4 Å². The number of aromatic nitrogens is 4. The zero-order valence-electron chi connectivity index (χ0n) is 10.0. The molecule has 3 N–H and O–H groups in total. The first-order valence-electron chi connectivity index (χ1n) is 6.00. The molecule has 5 heteroatoms. The lowest BCUT2D eigenvalue weighted by molar-refractivity contribution is 0.591. The van der Waals surface area contributed by atoms with E-state index in [-0.39, 0.29) is 0 Å². The van der Waals surface area contributed by atoms with Gasteiger partial charge in [-0.3, -0.25) is 0 Å². The lowest BCUT2D eigenvalue weighted by Gasteiger charge is -2.02. The number of nitrogens with zero attached hydrogens (tertiary/aromatic N) is 3. The third-order valence-electron chi connectivity index (χ3n) is 3.04. The quantitative estimate of drug-likeness (QED) is 0.723. The Morgan fingerprint density at radius 2 is 2.06 bits per heavy atom. The van der Waals surface area contributed by atoms with Crippen molar-refractivity contribution in [3.63, 3.8) is 0 Å². The summed E-state index contributed by atoms with van der Waals surface area (Å²) in [4.78, 5) is 4.94.